The number of aromatic nitrogens is 1. The zero-order valence-corrected chi connectivity index (χ0v) is 9.56. The summed E-state index contributed by atoms with van der Waals surface area (Å²) in [5.74, 6) is 0.708. The molecule has 0 spiro atoms. The SMILES string of the molecule is COC=O.Cc1cccc(OC(C)C)n1. The van der Waals surface area contributed by atoms with Gasteiger partial charge in [-0.1, -0.05) is 6.07 Å². The van der Waals surface area contributed by atoms with Gasteiger partial charge in [-0.2, -0.15) is 0 Å². The molecule has 0 bridgehead atoms. The van der Waals surface area contributed by atoms with E-state index in [0.29, 0.717) is 12.4 Å². The zero-order valence-electron chi connectivity index (χ0n) is 9.56. The van der Waals surface area contributed by atoms with Gasteiger partial charge in [-0.05, 0) is 26.8 Å². The highest BCUT2D eigenvalue weighted by Crippen LogP contribution is 2.08. The first kappa shape index (κ1) is 13.4. The molecular formula is C11H17NO3. The van der Waals surface area contributed by atoms with E-state index in [-0.39, 0.29) is 6.10 Å². The van der Waals surface area contributed by atoms with Crippen LogP contribution in [0.5, 0.6) is 5.88 Å². The van der Waals surface area contributed by atoms with E-state index < -0.39 is 0 Å². The van der Waals surface area contributed by atoms with Crippen molar-refractivity contribution in [3.8, 4) is 5.88 Å². The van der Waals surface area contributed by atoms with Gasteiger partial charge in [0.25, 0.3) is 6.47 Å². The molecule has 0 fully saturated rings. The highest BCUT2D eigenvalue weighted by atomic mass is 16.5. The number of pyridine rings is 1. The Labute approximate surface area is 90.2 Å². The Bertz CT molecular complexity index is 287. The summed E-state index contributed by atoms with van der Waals surface area (Å²) in [6, 6.07) is 5.76. The average molecular weight is 211 g/mol. The lowest BCUT2D eigenvalue weighted by Crippen LogP contribution is -2.06. The van der Waals surface area contributed by atoms with Gasteiger partial charge in [0.05, 0.1) is 13.2 Å². The first-order valence-corrected chi connectivity index (χ1v) is 4.67. The lowest BCUT2D eigenvalue weighted by Gasteiger charge is -2.07. The van der Waals surface area contributed by atoms with E-state index in [0.717, 1.165) is 5.69 Å². The fourth-order valence-corrected chi connectivity index (χ4v) is 0.825. The summed E-state index contributed by atoms with van der Waals surface area (Å²) >= 11 is 0. The summed E-state index contributed by atoms with van der Waals surface area (Å²) < 4.78 is 9.25. The van der Waals surface area contributed by atoms with Crippen LogP contribution < -0.4 is 4.74 Å². The number of aryl methyl sites for hydroxylation is 1. The van der Waals surface area contributed by atoms with Gasteiger partial charge in [-0.3, -0.25) is 4.79 Å². The second-order valence-corrected chi connectivity index (χ2v) is 3.12. The Balaban J connectivity index is 0.000000423. The Morgan fingerprint density at radius 2 is 2.00 bits per heavy atom. The molecule has 0 aromatic carbocycles. The van der Waals surface area contributed by atoms with Gasteiger partial charge in [0.2, 0.25) is 5.88 Å². The lowest BCUT2D eigenvalue weighted by atomic mass is 10.4. The first-order chi connectivity index (χ1) is 7.10. The number of rotatable bonds is 3. The third-order valence-corrected chi connectivity index (χ3v) is 1.32. The summed E-state index contributed by atoms with van der Waals surface area (Å²) in [6.07, 6.45) is 0.198. The molecule has 0 N–H and O–H groups in total. The van der Waals surface area contributed by atoms with Crippen LogP contribution in [0.1, 0.15) is 19.5 Å². The van der Waals surface area contributed by atoms with Crippen LogP contribution in [0.3, 0.4) is 0 Å². The van der Waals surface area contributed by atoms with Gasteiger partial charge in [0, 0.05) is 11.8 Å². The molecule has 0 atom stereocenters. The van der Waals surface area contributed by atoms with Crippen LogP contribution in [-0.2, 0) is 9.53 Å². The summed E-state index contributed by atoms with van der Waals surface area (Å²) in [7, 11) is 1.31. The molecule has 15 heavy (non-hydrogen) atoms. The van der Waals surface area contributed by atoms with Gasteiger partial charge in [0.1, 0.15) is 0 Å². The summed E-state index contributed by atoms with van der Waals surface area (Å²) in [6.45, 7) is 6.31. The number of hydrogen-bond donors (Lipinski definition) is 0. The van der Waals surface area contributed by atoms with Gasteiger partial charge in [0.15, 0.2) is 0 Å². The van der Waals surface area contributed by atoms with Crippen LogP contribution in [0, 0.1) is 6.92 Å². The molecule has 1 aromatic rings. The molecular weight excluding hydrogens is 194 g/mol. The Morgan fingerprint density at radius 1 is 1.40 bits per heavy atom. The maximum Gasteiger partial charge on any atom is 0.292 e. The second kappa shape index (κ2) is 7.79. The van der Waals surface area contributed by atoms with E-state index in [1.54, 1.807) is 0 Å². The molecule has 0 saturated heterocycles. The molecule has 0 amide bonds. The molecule has 0 aliphatic carbocycles. The van der Waals surface area contributed by atoms with Crippen molar-refractivity contribution in [1.29, 1.82) is 0 Å². The fraction of sp³-hybridized carbons (Fsp3) is 0.455. The Kier molecular flexibility index (Phi) is 6.97. The molecule has 4 heteroatoms. The minimum Gasteiger partial charge on any atom is -0.475 e. The number of carbonyl (C=O) groups is 1. The van der Waals surface area contributed by atoms with Crippen molar-refractivity contribution in [2.45, 2.75) is 26.9 Å². The lowest BCUT2D eigenvalue weighted by molar-refractivity contribution is -0.126. The number of nitrogens with zero attached hydrogens (tertiary/aromatic N) is 1. The number of ether oxygens (including phenoxy) is 2. The summed E-state index contributed by atoms with van der Waals surface area (Å²) in [5.41, 5.74) is 0.989. The maximum atomic E-state index is 8.95. The highest BCUT2D eigenvalue weighted by Gasteiger charge is 1.96. The zero-order chi connectivity index (χ0) is 11.7. The average Bonchev–Trinajstić information content (AvgIpc) is 2.17. The van der Waals surface area contributed by atoms with Crippen molar-refractivity contribution in [3.05, 3.63) is 23.9 Å². The van der Waals surface area contributed by atoms with E-state index in [2.05, 4.69) is 9.72 Å². The minimum absolute atomic E-state index is 0.198. The molecule has 0 aliphatic rings. The van der Waals surface area contributed by atoms with E-state index in [1.807, 2.05) is 39.0 Å². The number of hydrogen-bond acceptors (Lipinski definition) is 4. The van der Waals surface area contributed by atoms with Crippen molar-refractivity contribution in [2.75, 3.05) is 7.11 Å². The molecule has 0 aliphatic heterocycles. The monoisotopic (exact) mass is 211 g/mol. The quantitative estimate of drug-likeness (QED) is 0.717. The van der Waals surface area contributed by atoms with E-state index in [1.165, 1.54) is 7.11 Å². The summed E-state index contributed by atoms with van der Waals surface area (Å²) in [5, 5.41) is 0. The third kappa shape index (κ3) is 7.49. The first-order valence-electron chi connectivity index (χ1n) is 4.67. The smallest absolute Gasteiger partial charge is 0.292 e. The predicted molar refractivity (Wildman–Crippen MR) is 57.8 cm³/mol. The van der Waals surface area contributed by atoms with Gasteiger partial charge >= 0.3 is 0 Å². The van der Waals surface area contributed by atoms with Crippen LogP contribution in [-0.4, -0.2) is 24.7 Å². The Hall–Kier alpha value is -1.58. The van der Waals surface area contributed by atoms with Crippen LogP contribution >= 0.6 is 0 Å². The molecule has 4 nitrogen and oxygen atoms in total. The van der Waals surface area contributed by atoms with Crippen molar-refractivity contribution < 1.29 is 14.3 Å². The third-order valence-electron chi connectivity index (χ3n) is 1.32. The highest BCUT2D eigenvalue weighted by molar-refractivity contribution is 5.36. The number of methoxy groups -OCH3 is 1. The van der Waals surface area contributed by atoms with Gasteiger partial charge in [-0.15, -0.1) is 0 Å². The maximum absolute atomic E-state index is 8.95. The molecule has 0 unspecified atom stereocenters. The summed E-state index contributed by atoms with van der Waals surface area (Å²) in [4.78, 5) is 13.1. The van der Waals surface area contributed by atoms with E-state index in [4.69, 9.17) is 9.53 Å². The number of carbonyl (C=O) groups excluding carboxylic acids is 1. The van der Waals surface area contributed by atoms with Crippen LogP contribution in [0.4, 0.5) is 0 Å². The fourth-order valence-electron chi connectivity index (χ4n) is 0.825. The van der Waals surface area contributed by atoms with Crippen LogP contribution in [0.2, 0.25) is 0 Å². The van der Waals surface area contributed by atoms with Crippen molar-refractivity contribution in [1.82, 2.24) is 4.98 Å². The van der Waals surface area contributed by atoms with E-state index in [9.17, 15) is 0 Å². The second-order valence-electron chi connectivity index (χ2n) is 3.12. The normalized spacial score (nSPS) is 8.87. The Morgan fingerprint density at radius 3 is 2.40 bits per heavy atom. The largest absolute Gasteiger partial charge is 0.475 e. The van der Waals surface area contributed by atoms with Gasteiger partial charge < -0.3 is 9.47 Å². The van der Waals surface area contributed by atoms with E-state index >= 15 is 0 Å². The molecule has 0 radical (unpaired) electrons. The van der Waals surface area contributed by atoms with Crippen LogP contribution in [0.25, 0.3) is 0 Å². The molecule has 0 saturated carbocycles. The molecule has 1 rings (SSSR count). The predicted octanol–water partition coefficient (Wildman–Crippen LogP) is 1.97. The topological polar surface area (TPSA) is 48.4 Å². The van der Waals surface area contributed by atoms with Gasteiger partial charge in [-0.25, -0.2) is 4.98 Å². The minimum atomic E-state index is 0.198. The standard InChI is InChI=1S/C9H13NO.C2H4O2/c1-7(2)11-9-6-4-5-8(3)10-9;1-4-2-3/h4-7H,1-3H3;2H,1H3. The molecule has 84 valence electrons. The molecule has 1 heterocycles. The van der Waals surface area contributed by atoms with Crippen molar-refractivity contribution in [3.63, 3.8) is 0 Å². The molecule has 1 aromatic heterocycles. The van der Waals surface area contributed by atoms with Crippen LogP contribution in [0.15, 0.2) is 18.2 Å². The van der Waals surface area contributed by atoms with Crippen molar-refractivity contribution in [2.24, 2.45) is 0 Å². The van der Waals surface area contributed by atoms with Crippen molar-refractivity contribution >= 4 is 6.47 Å².